The maximum Gasteiger partial charge on any atom is 0.224 e. The summed E-state index contributed by atoms with van der Waals surface area (Å²) in [7, 11) is 0. The Labute approximate surface area is 221 Å². The van der Waals surface area contributed by atoms with E-state index in [1.54, 1.807) is 0 Å². The van der Waals surface area contributed by atoms with Crippen molar-refractivity contribution in [2.75, 3.05) is 42.1 Å². The Morgan fingerprint density at radius 1 is 0.919 bits per heavy atom. The maximum atomic E-state index is 12.8. The second-order valence-electron chi connectivity index (χ2n) is 11.0. The standard InChI is InChI=1S/C29H43N7O/c30-23-12-10-22(11-13-23)20-28(37)32-21-26-25(15-19-36(26)24-8-4-3-5-9-24)33-29-31-16-14-27(34-29)35-17-6-1-2-7-18-35/h10-14,16,24-26H,1-9,15,17-21,30H2,(H,32,37)(H,31,33,34)/t25-,26+/m0/s1. The van der Waals surface area contributed by atoms with E-state index in [1.165, 1.54) is 57.8 Å². The van der Waals surface area contributed by atoms with Crippen molar-refractivity contribution in [1.29, 1.82) is 0 Å². The number of carbonyl (C=O) groups is 1. The van der Waals surface area contributed by atoms with Gasteiger partial charge in [0.2, 0.25) is 11.9 Å². The van der Waals surface area contributed by atoms with E-state index < -0.39 is 0 Å². The summed E-state index contributed by atoms with van der Waals surface area (Å²) in [5.41, 5.74) is 7.50. The van der Waals surface area contributed by atoms with E-state index in [9.17, 15) is 4.79 Å². The fourth-order valence-electron chi connectivity index (χ4n) is 6.33. The van der Waals surface area contributed by atoms with Crippen LogP contribution in [-0.2, 0) is 11.2 Å². The molecular weight excluding hydrogens is 462 g/mol. The molecule has 8 nitrogen and oxygen atoms in total. The van der Waals surface area contributed by atoms with Gasteiger partial charge in [-0.1, -0.05) is 44.2 Å². The maximum absolute atomic E-state index is 12.8. The molecule has 3 fully saturated rings. The highest BCUT2D eigenvalue weighted by molar-refractivity contribution is 5.78. The van der Waals surface area contributed by atoms with Gasteiger partial charge in [0.25, 0.3) is 0 Å². The number of carbonyl (C=O) groups excluding carboxylic acids is 1. The Kier molecular flexibility index (Phi) is 8.76. The van der Waals surface area contributed by atoms with Crippen LogP contribution in [0.3, 0.4) is 0 Å². The van der Waals surface area contributed by atoms with Crippen molar-refractivity contribution >= 4 is 23.4 Å². The van der Waals surface area contributed by atoms with Crippen molar-refractivity contribution in [3.05, 3.63) is 42.1 Å². The molecule has 0 unspecified atom stereocenters. The van der Waals surface area contributed by atoms with Crippen molar-refractivity contribution < 1.29 is 4.79 Å². The quantitative estimate of drug-likeness (QED) is 0.467. The number of nitrogen functional groups attached to an aromatic ring is 1. The Balaban J connectivity index is 1.25. The van der Waals surface area contributed by atoms with Crippen LogP contribution in [0.15, 0.2) is 36.5 Å². The zero-order valence-corrected chi connectivity index (χ0v) is 22.1. The van der Waals surface area contributed by atoms with Gasteiger partial charge in [0, 0.05) is 56.2 Å². The van der Waals surface area contributed by atoms with Gasteiger partial charge in [0.1, 0.15) is 5.82 Å². The lowest BCUT2D eigenvalue weighted by Gasteiger charge is -2.37. The third-order valence-corrected chi connectivity index (χ3v) is 8.37. The second-order valence-corrected chi connectivity index (χ2v) is 11.0. The average molecular weight is 506 g/mol. The Morgan fingerprint density at radius 2 is 1.65 bits per heavy atom. The molecule has 37 heavy (non-hydrogen) atoms. The summed E-state index contributed by atoms with van der Waals surface area (Å²) in [6, 6.07) is 10.6. The molecule has 0 spiro atoms. The summed E-state index contributed by atoms with van der Waals surface area (Å²) >= 11 is 0. The van der Waals surface area contributed by atoms with Crippen molar-refractivity contribution in [1.82, 2.24) is 20.2 Å². The topological polar surface area (TPSA) is 99.4 Å². The fraction of sp³-hybridized carbons (Fsp3) is 0.621. The Morgan fingerprint density at radius 3 is 2.41 bits per heavy atom. The SMILES string of the molecule is Nc1ccc(CC(=O)NC[C@@H]2[C@@H](Nc3nccc(N4CCCCCC4)n3)CCN2C2CCCCC2)cc1. The van der Waals surface area contributed by atoms with E-state index in [4.69, 9.17) is 10.7 Å². The summed E-state index contributed by atoms with van der Waals surface area (Å²) in [6.45, 7) is 3.82. The minimum Gasteiger partial charge on any atom is -0.399 e. The highest BCUT2D eigenvalue weighted by Gasteiger charge is 2.38. The van der Waals surface area contributed by atoms with Crippen molar-refractivity contribution in [3.63, 3.8) is 0 Å². The third kappa shape index (κ3) is 6.92. The van der Waals surface area contributed by atoms with Crippen LogP contribution in [0.1, 0.15) is 69.8 Å². The van der Waals surface area contributed by atoms with E-state index in [2.05, 4.69) is 25.4 Å². The third-order valence-electron chi connectivity index (χ3n) is 8.37. The number of amides is 1. The predicted octanol–water partition coefficient (Wildman–Crippen LogP) is 3.99. The summed E-state index contributed by atoms with van der Waals surface area (Å²) in [5, 5.41) is 6.92. The molecule has 1 aliphatic carbocycles. The molecule has 1 amide bonds. The van der Waals surface area contributed by atoms with Crippen LogP contribution >= 0.6 is 0 Å². The van der Waals surface area contributed by atoms with Gasteiger partial charge < -0.3 is 21.3 Å². The average Bonchev–Trinajstić information content (AvgIpc) is 3.12. The lowest BCUT2D eigenvalue weighted by molar-refractivity contribution is -0.120. The van der Waals surface area contributed by atoms with Gasteiger partial charge in [-0.3, -0.25) is 9.69 Å². The number of likely N-dealkylation sites (tertiary alicyclic amines) is 1. The summed E-state index contributed by atoms with van der Waals surface area (Å²) < 4.78 is 0. The molecule has 0 radical (unpaired) electrons. The lowest BCUT2D eigenvalue weighted by Crippen LogP contribution is -2.51. The normalized spacial score (nSPS) is 23.5. The van der Waals surface area contributed by atoms with Crippen LogP contribution in [0.25, 0.3) is 0 Å². The molecule has 5 rings (SSSR count). The molecule has 8 heteroatoms. The van der Waals surface area contributed by atoms with Crippen LogP contribution in [0.4, 0.5) is 17.5 Å². The van der Waals surface area contributed by atoms with Crippen LogP contribution in [0, 0.1) is 0 Å². The molecule has 3 aliphatic rings. The summed E-state index contributed by atoms with van der Waals surface area (Å²) in [4.78, 5) is 27.4. The lowest BCUT2D eigenvalue weighted by atomic mass is 9.93. The molecule has 1 aromatic heterocycles. The number of aromatic nitrogens is 2. The van der Waals surface area contributed by atoms with Crippen LogP contribution in [0.2, 0.25) is 0 Å². The molecule has 200 valence electrons. The highest BCUT2D eigenvalue weighted by atomic mass is 16.1. The molecule has 1 saturated carbocycles. The van der Waals surface area contributed by atoms with Gasteiger partial charge in [-0.15, -0.1) is 0 Å². The summed E-state index contributed by atoms with van der Waals surface area (Å²) in [6.07, 6.45) is 14.8. The predicted molar refractivity (Wildman–Crippen MR) is 150 cm³/mol. The van der Waals surface area contributed by atoms with Gasteiger partial charge in [0.05, 0.1) is 6.42 Å². The van der Waals surface area contributed by atoms with Gasteiger partial charge in [0.15, 0.2) is 0 Å². The second kappa shape index (κ2) is 12.6. The minimum absolute atomic E-state index is 0.0541. The van der Waals surface area contributed by atoms with E-state index in [0.29, 0.717) is 30.6 Å². The number of benzene rings is 1. The molecule has 2 aliphatic heterocycles. The first-order valence-electron chi connectivity index (χ1n) is 14.4. The number of nitrogens with two attached hydrogens (primary N) is 1. The molecule has 0 bridgehead atoms. The van der Waals surface area contributed by atoms with Gasteiger partial charge in [-0.05, 0) is 55.9 Å². The molecule has 4 N–H and O–H groups in total. The number of hydrogen-bond donors (Lipinski definition) is 3. The zero-order valence-electron chi connectivity index (χ0n) is 22.1. The van der Waals surface area contributed by atoms with Crippen LogP contribution < -0.4 is 21.3 Å². The van der Waals surface area contributed by atoms with Gasteiger partial charge in [-0.2, -0.15) is 4.98 Å². The zero-order chi connectivity index (χ0) is 25.5. The Bertz CT molecular complexity index is 1000. The largest absolute Gasteiger partial charge is 0.399 e. The number of hydrogen-bond acceptors (Lipinski definition) is 7. The van der Waals surface area contributed by atoms with E-state index in [-0.39, 0.29) is 18.0 Å². The monoisotopic (exact) mass is 505 g/mol. The number of nitrogens with zero attached hydrogens (tertiary/aromatic N) is 4. The Hall–Kier alpha value is -2.87. The van der Waals surface area contributed by atoms with Crippen molar-refractivity contribution in [2.24, 2.45) is 0 Å². The fourth-order valence-corrected chi connectivity index (χ4v) is 6.33. The van der Waals surface area contributed by atoms with E-state index in [1.807, 2.05) is 36.5 Å². The molecule has 1 aromatic carbocycles. The minimum atomic E-state index is 0.0541. The van der Waals surface area contributed by atoms with Crippen molar-refractivity contribution in [2.45, 2.75) is 88.8 Å². The smallest absolute Gasteiger partial charge is 0.224 e. The number of anilines is 3. The molecule has 2 atom stereocenters. The van der Waals surface area contributed by atoms with Gasteiger partial charge in [-0.25, -0.2) is 4.98 Å². The van der Waals surface area contributed by atoms with Crippen LogP contribution in [-0.4, -0.2) is 65.1 Å². The van der Waals surface area contributed by atoms with E-state index in [0.717, 1.165) is 37.4 Å². The van der Waals surface area contributed by atoms with Crippen molar-refractivity contribution in [3.8, 4) is 0 Å². The first-order chi connectivity index (χ1) is 18.2. The first-order valence-corrected chi connectivity index (χ1v) is 14.4. The molecule has 3 heterocycles. The molecule has 2 saturated heterocycles. The number of rotatable bonds is 8. The summed E-state index contributed by atoms with van der Waals surface area (Å²) in [5.74, 6) is 1.78. The first kappa shape index (κ1) is 25.8. The van der Waals surface area contributed by atoms with Gasteiger partial charge >= 0.3 is 0 Å². The van der Waals surface area contributed by atoms with Crippen LogP contribution in [0.5, 0.6) is 0 Å². The molecular formula is C29H43N7O. The number of nitrogens with one attached hydrogen (secondary N) is 2. The van der Waals surface area contributed by atoms with E-state index >= 15 is 0 Å². The highest BCUT2D eigenvalue weighted by Crippen LogP contribution is 2.30. The molecule has 2 aromatic rings.